The van der Waals surface area contributed by atoms with Gasteiger partial charge in [-0.15, -0.1) is 0 Å². The second-order valence-electron chi connectivity index (χ2n) is 3.40. The molecule has 5 nitrogen and oxygen atoms in total. The van der Waals surface area contributed by atoms with E-state index in [9.17, 15) is 9.36 Å². The van der Waals surface area contributed by atoms with E-state index in [0.717, 1.165) is 0 Å². The SMILES string of the molecule is CCOP(=O)(OCC)[C@H](C(=O)O)C(C)C. The summed E-state index contributed by atoms with van der Waals surface area (Å²) < 4.78 is 22.2. The zero-order chi connectivity index (χ0) is 12.1. The maximum absolute atomic E-state index is 12.2. The summed E-state index contributed by atoms with van der Waals surface area (Å²) in [5.41, 5.74) is -1.10. The van der Waals surface area contributed by atoms with Gasteiger partial charge in [0.1, 0.15) is 0 Å². The van der Waals surface area contributed by atoms with Gasteiger partial charge in [0.2, 0.25) is 0 Å². The first kappa shape index (κ1) is 14.6. The summed E-state index contributed by atoms with van der Waals surface area (Å²) in [6.07, 6.45) is 0. The first-order chi connectivity index (χ1) is 6.89. The molecule has 0 aliphatic heterocycles. The number of carboxylic acid groups (broad SMARTS) is 1. The first-order valence-electron chi connectivity index (χ1n) is 5.00. The molecular weight excluding hydrogens is 219 g/mol. The Labute approximate surface area is 90.3 Å². The van der Waals surface area contributed by atoms with Crippen LogP contribution in [0.5, 0.6) is 0 Å². The molecule has 0 rings (SSSR count). The molecule has 0 aliphatic carbocycles. The molecule has 0 saturated carbocycles. The van der Waals surface area contributed by atoms with Crippen LogP contribution in [0.25, 0.3) is 0 Å². The lowest BCUT2D eigenvalue weighted by molar-refractivity contribution is -0.137. The highest BCUT2D eigenvalue weighted by Gasteiger charge is 2.43. The minimum absolute atomic E-state index is 0.174. The number of carbonyl (C=O) groups is 1. The summed E-state index contributed by atoms with van der Waals surface area (Å²) in [6.45, 7) is 7.03. The summed E-state index contributed by atoms with van der Waals surface area (Å²) in [5.74, 6) is -1.44. The van der Waals surface area contributed by atoms with E-state index in [1.165, 1.54) is 0 Å². The van der Waals surface area contributed by atoms with Crippen molar-refractivity contribution in [1.82, 2.24) is 0 Å². The van der Waals surface area contributed by atoms with E-state index in [0.29, 0.717) is 0 Å². The van der Waals surface area contributed by atoms with Crippen molar-refractivity contribution in [1.29, 1.82) is 0 Å². The molecule has 6 heteroatoms. The smallest absolute Gasteiger partial charge is 0.345 e. The van der Waals surface area contributed by atoms with Crippen LogP contribution in [0.1, 0.15) is 27.7 Å². The van der Waals surface area contributed by atoms with Gasteiger partial charge < -0.3 is 14.2 Å². The summed E-state index contributed by atoms with van der Waals surface area (Å²) in [7, 11) is -3.54. The van der Waals surface area contributed by atoms with Crippen LogP contribution in [0, 0.1) is 5.92 Å². The molecule has 0 unspecified atom stereocenters. The third-order valence-corrected chi connectivity index (χ3v) is 4.58. The highest BCUT2D eigenvalue weighted by molar-refractivity contribution is 7.55. The van der Waals surface area contributed by atoms with Gasteiger partial charge in [-0.3, -0.25) is 9.36 Å². The molecule has 1 N–H and O–H groups in total. The van der Waals surface area contributed by atoms with Gasteiger partial charge in [-0.05, 0) is 19.8 Å². The van der Waals surface area contributed by atoms with Crippen molar-refractivity contribution in [3.63, 3.8) is 0 Å². The second kappa shape index (κ2) is 6.26. The summed E-state index contributed by atoms with van der Waals surface area (Å²) in [5, 5.41) is 9.00. The predicted molar refractivity (Wildman–Crippen MR) is 57.1 cm³/mol. The molecule has 0 fully saturated rings. The van der Waals surface area contributed by atoms with Gasteiger partial charge in [-0.2, -0.15) is 0 Å². The van der Waals surface area contributed by atoms with Gasteiger partial charge in [0, 0.05) is 0 Å². The Morgan fingerprint density at radius 3 is 1.87 bits per heavy atom. The Hall–Kier alpha value is -0.380. The Bertz CT molecular complexity index is 241. The monoisotopic (exact) mass is 238 g/mol. The van der Waals surface area contributed by atoms with Gasteiger partial charge in [0.05, 0.1) is 13.2 Å². The molecule has 0 aliphatic rings. The van der Waals surface area contributed by atoms with Crippen LogP contribution in [-0.4, -0.2) is 29.9 Å². The van der Waals surface area contributed by atoms with Crippen LogP contribution in [-0.2, 0) is 18.4 Å². The van der Waals surface area contributed by atoms with Crippen molar-refractivity contribution in [2.24, 2.45) is 5.92 Å². The van der Waals surface area contributed by atoms with Crippen molar-refractivity contribution in [3.8, 4) is 0 Å². The van der Waals surface area contributed by atoms with Gasteiger partial charge in [0.15, 0.2) is 5.66 Å². The normalized spacial score (nSPS) is 14.2. The molecule has 0 aromatic carbocycles. The molecule has 0 aromatic heterocycles. The lowest BCUT2D eigenvalue weighted by Crippen LogP contribution is -2.28. The molecule has 0 spiro atoms. The quantitative estimate of drug-likeness (QED) is 0.689. The van der Waals surface area contributed by atoms with E-state index in [2.05, 4.69) is 0 Å². The number of hydrogen-bond acceptors (Lipinski definition) is 4. The van der Waals surface area contributed by atoms with E-state index in [1.807, 2.05) is 0 Å². The van der Waals surface area contributed by atoms with Crippen molar-refractivity contribution < 1.29 is 23.5 Å². The minimum atomic E-state index is -3.54. The van der Waals surface area contributed by atoms with Crippen LogP contribution >= 0.6 is 7.60 Å². The van der Waals surface area contributed by atoms with E-state index in [1.54, 1.807) is 27.7 Å². The van der Waals surface area contributed by atoms with Crippen molar-refractivity contribution >= 4 is 13.6 Å². The largest absolute Gasteiger partial charge is 0.481 e. The Morgan fingerprint density at radius 1 is 1.27 bits per heavy atom. The Kier molecular flexibility index (Phi) is 6.10. The molecule has 0 heterocycles. The van der Waals surface area contributed by atoms with Gasteiger partial charge in [-0.25, -0.2) is 0 Å². The van der Waals surface area contributed by atoms with Crippen LogP contribution in [0.4, 0.5) is 0 Å². The van der Waals surface area contributed by atoms with E-state index < -0.39 is 19.2 Å². The molecule has 1 atom stereocenters. The van der Waals surface area contributed by atoms with Crippen molar-refractivity contribution in [3.05, 3.63) is 0 Å². The lowest BCUT2D eigenvalue weighted by atomic mass is 10.1. The Morgan fingerprint density at radius 2 is 1.67 bits per heavy atom. The third kappa shape index (κ3) is 3.93. The van der Waals surface area contributed by atoms with Crippen molar-refractivity contribution in [2.45, 2.75) is 33.4 Å². The van der Waals surface area contributed by atoms with Crippen LogP contribution in [0.15, 0.2) is 0 Å². The van der Waals surface area contributed by atoms with E-state index in [4.69, 9.17) is 14.2 Å². The molecule has 15 heavy (non-hydrogen) atoms. The molecule has 0 radical (unpaired) electrons. The second-order valence-corrected chi connectivity index (χ2v) is 5.55. The van der Waals surface area contributed by atoms with Crippen LogP contribution < -0.4 is 0 Å². The molecule has 0 amide bonds. The lowest BCUT2D eigenvalue weighted by Gasteiger charge is -2.25. The summed E-state index contributed by atoms with van der Waals surface area (Å²) >= 11 is 0. The van der Waals surface area contributed by atoms with Crippen LogP contribution in [0.3, 0.4) is 0 Å². The molecular formula is C9H19O5P. The fraction of sp³-hybridized carbons (Fsp3) is 0.889. The zero-order valence-electron chi connectivity index (χ0n) is 9.60. The standard InChI is InChI=1S/C9H19O5P/c1-5-13-15(12,14-6-2)8(7(3)4)9(10)11/h7-8H,5-6H2,1-4H3,(H,10,11)/t8-/m0/s1. The highest BCUT2D eigenvalue weighted by Crippen LogP contribution is 2.55. The summed E-state index contributed by atoms with van der Waals surface area (Å²) in [6, 6.07) is 0. The predicted octanol–water partition coefficient (Wildman–Crippen LogP) is 2.36. The van der Waals surface area contributed by atoms with Crippen molar-refractivity contribution in [2.75, 3.05) is 13.2 Å². The zero-order valence-corrected chi connectivity index (χ0v) is 10.5. The minimum Gasteiger partial charge on any atom is -0.481 e. The molecule has 0 saturated heterocycles. The third-order valence-electron chi connectivity index (χ3n) is 1.84. The summed E-state index contributed by atoms with van der Waals surface area (Å²) in [4.78, 5) is 11.0. The molecule has 0 bridgehead atoms. The maximum atomic E-state index is 12.2. The number of carboxylic acids is 1. The number of rotatable bonds is 7. The fourth-order valence-corrected chi connectivity index (χ4v) is 3.46. The van der Waals surface area contributed by atoms with Crippen LogP contribution in [0.2, 0.25) is 0 Å². The van der Waals surface area contributed by atoms with Gasteiger partial charge in [0.25, 0.3) is 0 Å². The maximum Gasteiger partial charge on any atom is 0.345 e. The fourth-order valence-electron chi connectivity index (χ4n) is 1.34. The topological polar surface area (TPSA) is 72.8 Å². The average Bonchev–Trinajstić information content (AvgIpc) is 2.02. The van der Waals surface area contributed by atoms with E-state index >= 15 is 0 Å². The molecule has 90 valence electrons. The highest BCUT2D eigenvalue weighted by atomic mass is 31.2. The Balaban J connectivity index is 4.99. The average molecular weight is 238 g/mol. The first-order valence-corrected chi connectivity index (χ1v) is 6.61. The number of aliphatic carboxylic acids is 1. The van der Waals surface area contributed by atoms with E-state index in [-0.39, 0.29) is 19.1 Å². The van der Waals surface area contributed by atoms with Gasteiger partial charge >= 0.3 is 13.6 Å². The number of hydrogen-bond donors (Lipinski definition) is 1. The molecule has 0 aromatic rings. The van der Waals surface area contributed by atoms with Gasteiger partial charge in [-0.1, -0.05) is 13.8 Å².